The van der Waals surface area contributed by atoms with Crippen molar-refractivity contribution in [3.8, 4) is 0 Å². The quantitative estimate of drug-likeness (QED) is 0.860. The lowest BCUT2D eigenvalue weighted by molar-refractivity contribution is 0.174. The molecule has 2 N–H and O–H groups in total. The number of rotatable bonds is 6. The summed E-state index contributed by atoms with van der Waals surface area (Å²) < 4.78 is 12.9. The van der Waals surface area contributed by atoms with E-state index < -0.39 is 6.10 Å². The summed E-state index contributed by atoms with van der Waals surface area (Å²) in [4.78, 5) is 6.74. The molecule has 0 bridgehead atoms. The third-order valence-electron chi connectivity index (χ3n) is 4.16. The number of aromatic nitrogens is 1. The predicted molar refractivity (Wildman–Crippen MR) is 88.8 cm³/mol. The molecule has 1 saturated heterocycles. The summed E-state index contributed by atoms with van der Waals surface area (Å²) in [6, 6.07) is 10.0. The second-order valence-electron chi connectivity index (χ2n) is 5.91. The third kappa shape index (κ3) is 4.27. The molecular weight excluding hydrogens is 293 g/mol. The topological polar surface area (TPSA) is 48.4 Å². The molecule has 2 heterocycles. The van der Waals surface area contributed by atoms with Gasteiger partial charge in [0.05, 0.1) is 6.10 Å². The first-order valence-electron chi connectivity index (χ1n) is 8.06. The molecule has 4 nitrogen and oxygen atoms in total. The first-order chi connectivity index (χ1) is 11.2. The summed E-state index contributed by atoms with van der Waals surface area (Å²) in [7, 11) is 0. The van der Waals surface area contributed by atoms with Crippen LogP contribution in [0.2, 0.25) is 0 Å². The molecule has 3 rings (SSSR count). The lowest BCUT2D eigenvalue weighted by atomic mass is 10.1. The van der Waals surface area contributed by atoms with Crippen molar-refractivity contribution < 1.29 is 9.50 Å². The Labute approximate surface area is 136 Å². The van der Waals surface area contributed by atoms with Crippen LogP contribution in [-0.2, 0) is 6.54 Å². The number of nitrogens with zero attached hydrogens (tertiary/aromatic N) is 2. The smallest absolute Gasteiger partial charge is 0.128 e. The van der Waals surface area contributed by atoms with Gasteiger partial charge in [-0.15, -0.1) is 0 Å². The standard InChI is InChI=1S/C18H22FN3O/c19-16-5-3-15(4-6-16)17(23)13-20-12-14-7-8-21-18(11-14)22-9-1-2-10-22/h3-8,11,17,20,23H,1-2,9-10,12-13H2. The van der Waals surface area contributed by atoms with E-state index in [1.165, 1.54) is 25.0 Å². The van der Waals surface area contributed by atoms with Crippen molar-refractivity contribution in [2.45, 2.75) is 25.5 Å². The largest absolute Gasteiger partial charge is 0.387 e. The Morgan fingerprint density at radius 1 is 1.17 bits per heavy atom. The number of halogens is 1. The first-order valence-corrected chi connectivity index (χ1v) is 8.06. The average Bonchev–Trinajstić information content (AvgIpc) is 3.10. The van der Waals surface area contributed by atoms with Gasteiger partial charge in [-0.05, 0) is 48.2 Å². The highest BCUT2D eigenvalue weighted by molar-refractivity contribution is 5.41. The highest BCUT2D eigenvalue weighted by Gasteiger charge is 2.13. The van der Waals surface area contributed by atoms with Gasteiger partial charge in [-0.2, -0.15) is 0 Å². The van der Waals surface area contributed by atoms with E-state index in [-0.39, 0.29) is 5.82 Å². The molecule has 0 spiro atoms. The number of benzene rings is 1. The molecule has 1 aliphatic heterocycles. The van der Waals surface area contributed by atoms with Crippen molar-refractivity contribution in [2.75, 3.05) is 24.5 Å². The van der Waals surface area contributed by atoms with Crippen LogP contribution in [0.15, 0.2) is 42.6 Å². The van der Waals surface area contributed by atoms with E-state index in [1.54, 1.807) is 12.1 Å². The van der Waals surface area contributed by atoms with Crippen LogP contribution < -0.4 is 10.2 Å². The fourth-order valence-electron chi connectivity index (χ4n) is 2.85. The number of aliphatic hydroxyl groups excluding tert-OH is 1. The van der Waals surface area contributed by atoms with Gasteiger partial charge in [-0.3, -0.25) is 0 Å². The summed E-state index contributed by atoms with van der Waals surface area (Å²) in [5, 5.41) is 13.4. The predicted octanol–water partition coefficient (Wildman–Crippen LogP) is 2.64. The van der Waals surface area contributed by atoms with Gasteiger partial charge < -0.3 is 15.3 Å². The average molecular weight is 315 g/mol. The molecule has 1 aromatic heterocycles. The van der Waals surface area contributed by atoms with Crippen molar-refractivity contribution in [3.63, 3.8) is 0 Å². The Kier molecular flexibility index (Phi) is 5.20. The minimum atomic E-state index is -0.643. The number of anilines is 1. The molecule has 0 amide bonds. The van der Waals surface area contributed by atoms with Crippen LogP contribution in [-0.4, -0.2) is 29.7 Å². The second kappa shape index (κ2) is 7.53. The van der Waals surface area contributed by atoms with Gasteiger partial charge >= 0.3 is 0 Å². The molecular formula is C18H22FN3O. The Morgan fingerprint density at radius 3 is 2.65 bits per heavy atom. The minimum Gasteiger partial charge on any atom is -0.387 e. The molecule has 1 fully saturated rings. The Hall–Kier alpha value is -1.98. The van der Waals surface area contributed by atoms with Crippen LogP contribution in [0.25, 0.3) is 0 Å². The zero-order chi connectivity index (χ0) is 16.1. The van der Waals surface area contributed by atoms with Crippen molar-refractivity contribution in [3.05, 3.63) is 59.5 Å². The van der Waals surface area contributed by atoms with Crippen molar-refractivity contribution in [1.82, 2.24) is 10.3 Å². The minimum absolute atomic E-state index is 0.292. The molecule has 1 aliphatic rings. The highest BCUT2D eigenvalue weighted by atomic mass is 19.1. The maximum atomic E-state index is 12.9. The highest BCUT2D eigenvalue weighted by Crippen LogP contribution is 2.18. The maximum absolute atomic E-state index is 12.9. The monoisotopic (exact) mass is 315 g/mol. The summed E-state index contributed by atoms with van der Waals surface area (Å²) >= 11 is 0. The lowest BCUT2D eigenvalue weighted by Gasteiger charge is -2.17. The number of hydrogen-bond donors (Lipinski definition) is 2. The van der Waals surface area contributed by atoms with E-state index >= 15 is 0 Å². The van der Waals surface area contributed by atoms with Crippen LogP contribution in [0.4, 0.5) is 10.2 Å². The van der Waals surface area contributed by atoms with Gasteiger partial charge in [-0.25, -0.2) is 9.37 Å². The van der Waals surface area contributed by atoms with Gasteiger partial charge in [0, 0.05) is 32.4 Å². The normalized spacial score (nSPS) is 15.8. The first kappa shape index (κ1) is 15.9. The molecule has 1 atom stereocenters. The Morgan fingerprint density at radius 2 is 1.91 bits per heavy atom. The van der Waals surface area contributed by atoms with Gasteiger partial charge in [0.1, 0.15) is 11.6 Å². The molecule has 0 radical (unpaired) electrons. The van der Waals surface area contributed by atoms with Crippen LogP contribution >= 0.6 is 0 Å². The molecule has 2 aromatic rings. The second-order valence-corrected chi connectivity index (χ2v) is 5.91. The van der Waals surface area contributed by atoms with E-state index in [0.717, 1.165) is 24.5 Å². The van der Waals surface area contributed by atoms with Crippen molar-refractivity contribution in [2.24, 2.45) is 0 Å². The van der Waals surface area contributed by atoms with Gasteiger partial charge in [0.2, 0.25) is 0 Å². The SMILES string of the molecule is OC(CNCc1ccnc(N2CCCC2)c1)c1ccc(F)cc1. The molecule has 0 saturated carbocycles. The Balaban J connectivity index is 1.52. The van der Waals surface area contributed by atoms with E-state index in [1.807, 2.05) is 12.3 Å². The summed E-state index contributed by atoms with van der Waals surface area (Å²) in [6.07, 6.45) is 3.65. The molecule has 0 aliphatic carbocycles. The molecule has 1 aromatic carbocycles. The van der Waals surface area contributed by atoms with Crippen LogP contribution in [0.1, 0.15) is 30.1 Å². The van der Waals surface area contributed by atoms with E-state index in [0.29, 0.717) is 18.7 Å². The number of hydrogen-bond acceptors (Lipinski definition) is 4. The fourth-order valence-corrected chi connectivity index (χ4v) is 2.85. The summed E-state index contributed by atoms with van der Waals surface area (Å²) in [5.41, 5.74) is 1.86. The molecule has 5 heteroatoms. The zero-order valence-electron chi connectivity index (χ0n) is 13.1. The zero-order valence-corrected chi connectivity index (χ0v) is 13.1. The summed E-state index contributed by atoms with van der Waals surface area (Å²) in [6.45, 7) is 3.24. The third-order valence-corrected chi connectivity index (χ3v) is 4.16. The van der Waals surface area contributed by atoms with Crippen LogP contribution in [0.5, 0.6) is 0 Å². The molecule has 23 heavy (non-hydrogen) atoms. The Bertz CT molecular complexity index is 626. The van der Waals surface area contributed by atoms with Crippen LogP contribution in [0, 0.1) is 5.82 Å². The number of aliphatic hydroxyl groups is 1. The van der Waals surface area contributed by atoms with E-state index in [9.17, 15) is 9.50 Å². The van der Waals surface area contributed by atoms with Gasteiger partial charge in [0.25, 0.3) is 0 Å². The van der Waals surface area contributed by atoms with Crippen LogP contribution in [0.3, 0.4) is 0 Å². The van der Waals surface area contributed by atoms with Crippen molar-refractivity contribution >= 4 is 5.82 Å². The van der Waals surface area contributed by atoms with Gasteiger partial charge in [-0.1, -0.05) is 12.1 Å². The van der Waals surface area contributed by atoms with Crippen molar-refractivity contribution in [1.29, 1.82) is 0 Å². The summed E-state index contributed by atoms with van der Waals surface area (Å²) in [5.74, 6) is 0.737. The molecule has 122 valence electrons. The lowest BCUT2D eigenvalue weighted by Crippen LogP contribution is -2.22. The number of pyridine rings is 1. The van der Waals surface area contributed by atoms with E-state index in [2.05, 4.69) is 21.3 Å². The van der Waals surface area contributed by atoms with E-state index in [4.69, 9.17) is 0 Å². The number of nitrogens with one attached hydrogen (secondary N) is 1. The fraction of sp³-hybridized carbons (Fsp3) is 0.389. The van der Waals surface area contributed by atoms with Gasteiger partial charge in [0.15, 0.2) is 0 Å². The molecule has 1 unspecified atom stereocenters. The maximum Gasteiger partial charge on any atom is 0.128 e.